The first kappa shape index (κ1) is 22.6. The SMILES string of the molecule is Cc1ccc(-c2nnc(SCC(=O)NNC(=O)COc3ccc(Cl)c(C)c3)n2C)cc1. The van der Waals surface area contributed by atoms with Crippen molar-refractivity contribution in [3.8, 4) is 17.1 Å². The van der Waals surface area contributed by atoms with E-state index in [-0.39, 0.29) is 18.3 Å². The Labute approximate surface area is 189 Å². The zero-order valence-electron chi connectivity index (χ0n) is 17.3. The number of halogens is 1. The van der Waals surface area contributed by atoms with Crippen molar-refractivity contribution in [3.05, 3.63) is 58.6 Å². The van der Waals surface area contributed by atoms with Gasteiger partial charge in [-0.15, -0.1) is 10.2 Å². The molecule has 0 unspecified atom stereocenters. The lowest BCUT2D eigenvalue weighted by Crippen LogP contribution is -2.44. The zero-order valence-corrected chi connectivity index (χ0v) is 18.9. The number of ether oxygens (including phenoxy) is 1. The first-order chi connectivity index (χ1) is 14.8. The highest BCUT2D eigenvalue weighted by molar-refractivity contribution is 7.99. The van der Waals surface area contributed by atoms with Gasteiger partial charge in [-0.3, -0.25) is 20.4 Å². The first-order valence-corrected chi connectivity index (χ1v) is 10.8. The molecule has 0 aliphatic carbocycles. The normalized spacial score (nSPS) is 10.6. The molecule has 0 spiro atoms. The molecule has 0 saturated carbocycles. The van der Waals surface area contributed by atoms with Crippen LogP contribution in [0.4, 0.5) is 0 Å². The van der Waals surface area contributed by atoms with Crippen LogP contribution in [0.15, 0.2) is 47.6 Å². The molecule has 8 nitrogen and oxygen atoms in total. The molecule has 0 saturated heterocycles. The van der Waals surface area contributed by atoms with Crippen LogP contribution in [-0.2, 0) is 16.6 Å². The molecule has 0 radical (unpaired) electrons. The maximum absolute atomic E-state index is 12.0. The molecule has 2 aromatic carbocycles. The van der Waals surface area contributed by atoms with Crippen LogP contribution in [0.5, 0.6) is 5.75 Å². The van der Waals surface area contributed by atoms with E-state index in [1.807, 2.05) is 49.7 Å². The third-order valence-corrected chi connectivity index (χ3v) is 5.76. The summed E-state index contributed by atoms with van der Waals surface area (Å²) in [6.45, 7) is 3.62. The summed E-state index contributed by atoms with van der Waals surface area (Å²) in [7, 11) is 1.84. The fourth-order valence-electron chi connectivity index (χ4n) is 2.59. The van der Waals surface area contributed by atoms with Crippen molar-refractivity contribution in [2.75, 3.05) is 12.4 Å². The van der Waals surface area contributed by atoms with Crippen molar-refractivity contribution in [2.45, 2.75) is 19.0 Å². The quantitative estimate of drug-likeness (QED) is 0.416. The minimum atomic E-state index is -0.480. The summed E-state index contributed by atoms with van der Waals surface area (Å²) in [6.07, 6.45) is 0. The summed E-state index contributed by atoms with van der Waals surface area (Å²) in [6, 6.07) is 13.1. The standard InChI is InChI=1S/C21H22ClN5O3S/c1-13-4-6-15(7-5-13)20-25-26-21(27(20)3)31-12-19(29)24-23-18(28)11-30-16-8-9-17(22)14(2)10-16/h4-10H,11-12H2,1-3H3,(H,23,28)(H,24,29). The van der Waals surface area contributed by atoms with Crippen molar-refractivity contribution >= 4 is 35.2 Å². The van der Waals surface area contributed by atoms with Gasteiger partial charge in [0.15, 0.2) is 17.6 Å². The van der Waals surface area contributed by atoms with Gasteiger partial charge in [-0.25, -0.2) is 0 Å². The van der Waals surface area contributed by atoms with Crippen molar-refractivity contribution < 1.29 is 14.3 Å². The van der Waals surface area contributed by atoms with E-state index in [0.717, 1.165) is 16.7 Å². The first-order valence-electron chi connectivity index (χ1n) is 9.39. The van der Waals surface area contributed by atoms with E-state index >= 15 is 0 Å². The van der Waals surface area contributed by atoms with E-state index in [4.69, 9.17) is 16.3 Å². The Morgan fingerprint density at radius 1 is 1.06 bits per heavy atom. The Balaban J connectivity index is 1.43. The molecule has 162 valence electrons. The van der Waals surface area contributed by atoms with Crippen LogP contribution in [0.1, 0.15) is 11.1 Å². The molecular weight excluding hydrogens is 438 g/mol. The predicted octanol–water partition coefficient (Wildman–Crippen LogP) is 3.07. The molecule has 0 fully saturated rings. The third kappa shape index (κ3) is 6.22. The number of benzene rings is 2. The van der Waals surface area contributed by atoms with Crippen molar-refractivity contribution in [1.82, 2.24) is 25.6 Å². The number of rotatable bonds is 7. The smallest absolute Gasteiger partial charge is 0.276 e. The summed E-state index contributed by atoms with van der Waals surface area (Å²) in [5.74, 6) is 0.445. The van der Waals surface area contributed by atoms with E-state index in [1.54, 1.807) is 18.2 Å². The summed E-state index contributed by atoms with van der Waals surface area (Å²) < 4.78 is 7.21. The van der Waals surface area contributed by atoms with Crippen LogP contribution in [0.3, 0.4) is 0 Å². The maximum Gasteiger partial charge on any atom is 0.276 e. The second-order valence-electron chi connectivity index (χ2n) is 6.82. The molecule has 10 heteroatoms. The lowest BCUT2D eigenvalue weighted by molar-refractivity contribution is -0.128. The number of amides is 2. The second kappa shape index (κ2) is 10.3. The van der Waals surface area contributed by atoms with Crippen LogP contribution in [0.25, 0.3) is 11.4 Å². The van der Waals surface area contributed by atoms with E-state index < -0.39 is 5.91 Å². The molecule has 0 aliphatic heterocycles. The van der Waals surface area contributed by atoms with Crippen LogP contribution in [0, 0.1) is 13.8 Å². The summed E-state index contributed by atoms with van der Waals surface area (Å²) in [5, 5.41) is 9.55. The van der Waals surface area contributed by atoms with Gasteiger partial charge in [0.25, 0.3) is 5.91 Å². The number of nitrogens with zero attached hydrogens (tertiary/aromatic N) is 3. The summed E-state index contributed by atoms with van der Waals surface area (Å²) in [4.78, 5) is 23.9. The maximum atomic E-state index is 12.0. The van der Waals surface area contributed by atoms with Gasteiger partial charge in [-0.1, -0.05) is 53.2 Å². The van der Waals surface area contributed by atoms with Gasteiger partial charge in [0.05, 0.1) is 5.75 Å². The molecule has 3 rings (SSSR count). The molecule has 0 atom stereocenters. The van der Waals surface area contributed by atoms with Crippen LogP contribution < -0.4 is 15.6 Å². The molecule has 3 aromatic rings. The number of hydrogen-bond acceptors (Lipinski definition) is 6. The van der Waals surface area contributed by atoms with Gasteiger partial charge in [-0.05, 0) is 37.6 Å². The molecule has 1 heterocycles. The van der Waals surface area contributed by atoms with Crippen molar-refractivity contribution in [1.29, 1.82) is 0 Å². The highest BCUT2D eigenvalue weighted by atomic mass is 35.5. The van der Waals surface area contributed by atoms with Crippen molar-refractivity contribution in [2.24, 2.45) is 7.05 Å². The Bertz CT molecular complexity index is 1090. The van der Waals surface area contributed by atoms with Crippen molar-refractivity contribution in [3.63, 3.8) is 0 Å². The summed E-state index contributed by atoms with van der Waals surface area (Å²) >= 11 is 7.18. The Kier molecular flexibility index (Phi) is 7.54. The van der Waals surface area contributed by atoms with Crippen LogP contribution in [0.2, 0.25) is 5.02 Å². The number of carbonyl (C=O) groups is 2. The number of carbonyl (C=O) groups excluding carboxylic acids is 2. The predicted molar refractivity (Wildman–Crippen MR) is 120 cm³/mol. The molecule has 2 N–H and O–H groups in total. The molecule has 1 aromatic heterocycles. The average molecular weight is 460 g/mol. The highest BCUT2D eigenvalue weighted by Gasteiger charge is 2.13. The number of aromatic nitrogens is 3. The van der Waals surface area contributed by atoms with Gasteiger partial charge in [-0.2, -0.15) is 0 Å². The Morgan fingerprint density at radius 3 is 2.48 bits per heavy atom. The van der Waals surface area contributed by atoms with Gasteiger partial charge in [0, 0.05) is 17.6 Å². The third-order valence-electron chi connectivity index (χ3n) is 4.32. The largest absolute Gasteiger partial charge is 0.484 e. The van der Waals surface area contributed by atoms with Crippen LogP contribution in [-0.4, -0.2) is 38.9 Å². The lowest BCUT2D eigenvalue weighted by Gasteiger charge is -2.09. The van der Waals surface area contributed by atoms with E-state index in [0.29, 0.717) is 21.8 Å². The van der Waals surface area contributed by atoms with E-state index in [9.17, 15) is 9.59 Å². The zero-order chi connectivity index (χ0) is 22.4. The number of nitrogens with one attached hydrogen (secondary N) is 2. The molecule has 0 aliphatic rings. The average Bonchev–Trinajstić information content (AvgIpc) is 3.12. The topological polar surface area (TPSA) is 98.1 Å². The number of hydrazine groups is 1. The van der Waals surface area contributed by atoms with Gasteiger partial charge < -0.3 is 9.30 Å². The lowest BCUT2D eigenvalue weighted by atomic mass is 10.1. The fraction of sp³-hybridized carbons (Fsp3) is 0.238. The number of hydrogen-bond donors (Lipinski definition) is 2. The Hall–Kier alpha value is -3.04. The highest BCUT2D eigenvalue weighted by Crippen LogP contribution is 2.23. The molecular formula is C21H22ClN5O3S. The molecule has 0 bridgehead atoms. The van der Waals surface area contributed by atoms with Gasteiger partial charge in [0.1, 0.15) is 5.75 Å². The van der Waals surface area contributed by atoms with E-state index in [1.165, 1.54) is 11.8 Å². The van der Waals surface area contributed by atoms with Crippen LogP contribution >= 0.6 is 23.4 Å². The van der Waals surface area contributed by atoms with Gasteiger partial charge >= 0.3 is 0 Å². The number of thioether (sulfide) groups is 1. The Morgan fingerprint density at radius 2 is 1.77 bits per heavy atom. The van der Waals surface area contributed by atoms with Gasteiger partial charge in [0.2, 0.25) is 5.91 Å². The monoisotopic (exact) mass is 459 g/mol. The van der Waals surface area contributed by atoms with E-state index in [2.05, 4.69) is 21.0 Å². The second-order valence-corrected chi connectivity index (χ2v) is 8.17. The summed E-state index contributed by atoms with van der Waals surface area (Å²) in [5.41, 5.74) is 7.63. The number of aryl methyl sites for hydroxylation is 2. The minimum Gasteiger partial charge on any atom is -0.484 e. The minimum absolute atomic E-state index is 0.0669. The molecule has 31 heavy (non-hydrogen) atoms. The fourth-order valence-corrected chi connectivity index (χ4v) is 3.42. The molecule has 2 amide bonds.